The average Bonchev–Trinajstić information content (AvgIpc) is 2.42. The van der Waals surface area contributed by atoms with Crippen LogP contribution in [0.5, 0.6) is 0 Å². The van der Waals surface area contributed by atoms with Gasteiger partial charge in [-0.25, -0.2) is 19.0 Å². The van der Waals surface area contributed by atoms with Gasteiger partial charge in [0.25, 0.3) is 0 Å². The molecule has 0 spiro atoms. The van der Waals surface area contributed by atoms with Crippen molar-refractivity contribution in [3.05, 3.63) is 63.0 Å². The Balaban J connectivity index is 2.31. The van der Waals surface area contributed by atoms with E-state index in [9.17, 15) is 14.0 Å². The van der Waals surface area contributed by atoms with Gasteiger partial charge >= 0.3 is 11.7 Å². The number of rotatable bonds is 3. The molecule has 0 bridgehead atoms. The minimum atomic E-state index is -0.754. The molecule has 1 aromatic heterocycles. The number of nitrogens with zero attached hydrogens (tertiary/aromatic N) is 2. The zero-order chi connectivity index (χ0) is 14.7. The minimum absolute atomic E-state index is 0.102. The Labute approximate surface area is 118 Å². The van der Waals surface area contributed by atoms with Crippen molar-refractivity contribution in [2.45, 2.75) is 6.54 Å². The summed E-state index contributed by atoms with van der Waals surface area (Å²) >= 11 is 5.74. The van der Waals surface area contributed by atoms with E-state index in [1.807, 2.05) is 0 Å². The summed E-state index contributed by atoms with van der Waals surface area (Å²) in [4.78, 5) is 26.3. The zero-order valence-corrected chi connectivity index (χ0v) is 11.2. The summed E-state index contributed by atoms with van der Waals surface area (Å²) in [7, 11) is 1.17. The number of benzene rings is 1. The molecule has 0 N–H and O–H groups in total. The van der Waals surface area contributed by atoms with E-state index in [2.05, 4.69) is 9.72 Å². The molecule has 0 aliphatic carbocycles. The maximum Gasteiger partial charge on any atom is 0.347 e. The van der Waals surface area contributed by atoms with Gasteiger partial charge in [-0.3, -0.25) is 4.57 Å². The van der Waals surface area contributed by atoms with Crippen molar-refractivity contribution in [3.8, 4) is 0 Å². The molecule has 0 aliphatic heterocycles. The van der Waals surface area contributed by atoms with Crippen LogP contribution in [0.15, 0.2) is 35.4 Å². The summed E-state index contributed by atoms with van der Waals surface area (Å²) in [5.74, 6) is -1.46. The highest BCUT2D eigenvalue weighted by Gasteiger charge is 2.12. The topological polar surface area (TPSA) is 61.2 Å². The van der Waals surface area contributed by atoms with E-state index in [1.54, 1.807) is 0 Å². The lowest BCUT2D eigenvalue weighted by Gasteiger charge is -2.07. The molecule has 0 saturated carbocycles. The van der Waals surface area contributed by atoms with Gasteiger partial charge in [-0.2, -0.15) is 0 Å². The molecule has 0 saturated heterocycles. The number of hydrogen-bond acceptors (Lipinski definition) is 4. The van der Waals surface area contributed by atoms with Crippen LogP contribution >= 0.6 is 11.6 Å². The number of methoxy groups -OCH3 is 1. The third-order valence-electron chi connectivity index (χ3n) is 2.61. The molecule has 104 valence electrons. The molecule has 1 heterocycles. The largest absolute Gasteiger partial charge is 0.465 e. The molecule has 2 aromatic rings. The summed E-state index contributed by atoms with van der Waals surface area (Å²) in [6.07, 6.45) is 2.64. The number of hydrogen-bond donors (Lipinski definition) is 0. The molecule has 1 aromatic carbocycles. The van der Waals surface area contributed by atoms with E-state index >= 15 is 0 Å². The van der Waals surface area contributed by atoms with Crippen LogP contribution in [0.1, 0.15) is 15.9 Å². The first kappa shape index (κ1) is 14.2. The van der Waals surface area contributed by atoms with E-state index in [-0.39, 0.29) is 12.1 Å². The quantitative estimate of drug-likeness (QED) is 0.811. The third kappa shape index (κ3) is 3.03. The van der Waals surface area contributed by atoms with Gasteiger partial charge in [0.2, 0.25) is 0 Å². The van der Waals surface area contributed by atoms with E-state index in [1.165, 1.54) is 42.3 Å². The first-order valence-corrected chi connectivity index (χ1v) is 5.98. The minimum Gasteiger partial charge on any atom is -0.465 e. The molecule has 7 heteroatoms. The lowest BCUT2D eigenvalue weighted by molar-refractivity contribution is 0.0595. The van der Waals surface area contributed by atoms with E-state index in [4.69, 9.17) is 11.6 Å². The van der Waals surface area contributed by atoms with Crippen LogP contribution in [-0.2, 0) is 11.3 Å². The highest BCUT2D eigenvalue weighted by molar-refractivity contribution is 6.30. The maximum absolute atomic E-state index is 13.7. The van der Waals surface area contributed by atoms with E-state index < -0.39 is 17.5 Å². The van der Waals surface area contributed by atoms with Gasteiger partial charge in [-0.15, -0.1) is 0 Å². The van der Waals surface area contributed by atoms with Crippen LogP contribution in [0.25, 0.3) is 0 Å². The molecule has 0 atom stereocenters. The van der Waals surface area contributed by atoms with Gasteiger partial charge in [-0.1, -0.05) is 17.7 Å². The second-order valence-corrected chi connectivity index (χ2v) is 4.42. The Bertz CT molecular complexity index is 715. The summed E-state index contributed by atoms with van der Waals surface area (Å²) < 4.78 is 19.4. The normalized spacial score (nSPS) is 10.3. The first-order chi connectivity index (χ1) is 9.51. The molecule has 2 rings (SSSR count). The second-order valence-electron chi connectivity index (χ2n) is 3.99. The van der Waals surface area contributed by atoms with Crippen molar-refractivity contribution >= 4 is 17.6 Å². The molecule has 0 aliphatic rings. The number of carbonyl (C=O) groups is 1. The van der Waals surface area contributed by atoms with Crippen LogP contribution in [-0.4, -0.2) is 22.6 Å². The molecule has 0 amide bonds. The molecular weight excluding hydrogens is 287 g/mol. The Morgan fingerprint density at radius 2 is 2.25 bits per heavy atom. The lowest BCUT2D eigenvalue weighted by Crippen LogP contribution is -2.22. The smallest absolute Gasteiger partial charge is 0.347 e. The van der Waals surface area contributed by atoms with Gasteiger partial charge < -0.3 is 4.74 Å². The van der Waals surface area contributed by atoms with Crippen LogP contribution in [0.2, 0.25) is 5.02 Å². The third-order valence-corrected chi connectivity index (χ3v) is 2.81. The van der Waals surface area contributed by atoms with Gasteiger partial charge in [0.1, 0.15) is 5.82 Å². The van der Waals surface area contributed by atoms with Crippen LogP contribution in [0.3, 0.4) is 0 Å². The molecule has 0 radical (unpaired) electrons. The Morgan fingerprint density at radius 1 is 1.50 bits per heavy atom. The summed E-state index contributed by atoms with van der Waals surface area (Å²) in [6, 6.07) is 4.00. The van der Waals surface area contributed by atoms with Crippen molar-refractivity contribution in [1.29, 1.82) is 0 Å². The van der Waals surface area contributed by atoms with Crippen molar-refractivity contribution in [1.82, 2.24) is 9.55 Å². The van der Waals surface area contributed by atoms with Gasteiger partial charge in [0.05, 0.1) is 30.4 Å². The van der Waals surface area contributed by atoms with Crippen molar-refractivity contribution in [2.24, 2.45) is 0 Å². The summed E-state index contributed by atoms with van der Waals surface area (Å²) in [6.45, 7) is 0.102. The fourth-order valence-electron chi connectivity index (χ4n) is 1.67. The molecule has 0 unspecified atom stereocenters. The zero-order valence-electron chi connectivity index (χ0n) is 10.5. The second kappa shape index (κ2) is 5.83. The number of halogens is 2. The number of aromatic nitrogens is 2. The number of ether oxygens (including phenoxy) is 1. The molecule has 0 fully saturated rings. The van der Waals surface area contributed by atoms with Crippen LogP contribution in [0, 0.1) is 5.82 Å². The first-order valence-electron chi connectivity index (χ1n) is 5.60. The maximum atomic E-state index is 13.7. The van der Waals surface area contributed by atoms with Crippen molar-refractivity contribution in [3.63, 3.8) is 0 Å². The fourth-order valence-corrected chi connectivity index (χ4v) is 1.84. The Kier molecular flexibility index (Phi) is 4.14. The molecule has 20 heavy (non-hydrogen) atoms. The molecular formula is C13H10ClFN2O3. The predicted molar refractivity (Wildman–Crippen MR) is 70.3 cm³/mol. The van der Waals surface area contributed by atoms with E-state index in [0.717, 1.165) is 0 Å². The van der Waals surface area contributed by atoms with Crippen molar-refractivity contribution < 1.29 is 13.9 Å². The van der Waals surface area contributed by atoms with Crippen LogP contribution < -0.4 is 5.69 Å². The van der Waals surface area contributed by atoms with E-state index in [0.29, 0.717) is 10.6 Å². The fraction of sp³-hybridized carbons (Fsp3) is 0.154. The number of carbonyl (C=O) groups excluding carboxylic acids is 1. The van der Waals surface area contributed by atoms with Crippen molar-refractivity contribution in [2.75, 3.05) is 7.11 Å². The predicted octanol–water partition coefficient (Wildman–Crippen LogP) is 1.87. The Morgan fingerprint density at radius 3 is 2.90 bits per heavy atom. The van der Waals surface area contributed by atoms with Gasteiger partial charge in [0, 0.05) is 6.20 Å². The average molecular weight is 297 g/mol. The van der Waals surface area contributed by atoms with Gasteiger partial charge in [-0.05, 0) is 17.7 Å². The SMILES string of the molecule is COC(=O)c1ccc(Cn2cc(Cl)cnc2=O)cc1F. The summed E-state index contributed by atoms with van der Waals surface area (Å²) in [5, 5.41) is 0.302. The van der Waals surface area contributed by atoms with Gasteiger partial charge in [0.15, 0.2) is 0 Å². The molecule has 5 nitrogen and oxygen atoms in total. The monoisotopic (exact) mass is 296 g/mol. The standard InChI is InChI=1S/C13H10ClFN2O3/c1-20-12(18)10-3-2-8(4-11(10)15)6-17-7-9(14)5-16-13(17)19/h2-5,7H,6H2,1H3. The number of esters is 1. The highest BCUT2D eigenvalue weighted by atomic mass is 35.5. The Hall–Kier alpha value is -2.21. The van der Waals surface area contributed by atoms with Crippen LogP contribution in [0.4, 0.5) is 4.39 Å². The lowest BCUT2D eigenvalue weighted by atomic mass is 10.1. The summed E-state index contributed by atoms with van der Waals surface area (Å²) in [5.41, 5.74) is -0.152. The highest BCUT2D eigenvalue weighted by Crippen LogP contribution is 2.13.